The van der Waals surface area contributed by atoms with Gasteiger partial charge in [-0.25, -0.2) is 0 Å². The fourth-order valence-electron chi connectivity index (χ4n) is 5.04. The van der Waals surface area contributed by atoms with E-state index in [0.717, 1.165) is 5.56 Å². The molecule has 0 radical (unpaired) electrons. The van der Waals surface area contributed by atoms with Crippen molar-refractivity contribution in [3.63, 3.8) is 0 Å². The van der Waals surface area contributed by atoms with Crippen LogP contribution in [0.15, 0.2) is 36.4 Å². The van der Waals surface area contributed by atoms with Crippen LogP contribution in [0.25, 0.3) is 0 Å². The number of rotatable bonds is 4. The highest BCUT2D eigenvalue weighted by Crippen LogP contribution is 2.35. The lowest BCUT2D eigenvalue weighted by molar-refractivity contribution is -0.136. The predicted octanol–water partition coefficient (Wildman–Crippen LogP) is 1.20. The van der Waals surface area contributed by atoms with Gasteiger partial charge in [-0.1, -0.05) is 18.2 Å². The summed E-state index contributed by atoms with van der Waals surface area (Å²) >= 11 is 0. The molecule has 0 spiro atoms. The van der Waals surface area contributed by atoms with Gasteiger partial charge >= 0.3 is 0 Å². The Hall–Kier alpha value is -3.61. The summed E-state index contributed by atoms with van der Waals surface area (Å²) in [5.41, 5.74) is 2.03. The average molecular weight is 460 g/mol. The van der Waals surface area contributed by atoms with E-state index < -0.39 is 17.6 Å². The molecule has 1 aromatic carbocycles. The summed E-state index contributed by atoms with van der Waals surface area (Å²) in [5, 5.41) is 23.0. The molecular weight excluding hydrogens is 434 g/mol. The third kappa shape index (κ3) is 3.95. The molecule has 5 rings (SSSR count). The summed E-state index contributed by atoms with van der Waals surface area (Å²) in [7, 11) is 0. The monoisotopic (exact) mass is 459 g/mol. The minimum absolute atomic E-state index is 0.182. The molecule has 2 fully saturated rings. The smallest absolute Gasteiger partial charge is 0.256 e. The topological polar surface area (TPSA) is 127 Å². The maximum Gasteiger partial charge on any atom is 0.256 e. The van der Waals surface area contributed by atoms with Crippen LogP contribution in [0.3, 0.4) is 0 Å². The number of aliphatic hydroxyl groups is 1. The van der Waals surface area contributed by atoms with Crippen LogP contribution in [-0.2, 0) is 28.3 Å². The van der Waals surface area contributed by atoms with Gasteiger partial charge in [0.2, 0.25) is 11.8 Å². The highest BCUT2D eigenvalue weighted by atomic mass is 16.3. The van der Waals surface area contributed by atoms with Crippen LogP contribution >= 0.6 is 0 Å². The van der Waals surface area contributed by atoms with Crippen molar-refractivity contribution in [2.75, 3.05) is 13.1 Å². The number of pyridine rings is 1. The van der Waals surface area contributed by atoms with Crippen LogP contribution in [0.4, 0.5) is 0 Å². The maximum atomic E-state index is 12.9. The second kappa shape index (κ2) is 8.63. The maximum absolute atomic E-state index is 12.9. The molecule has 0 aliphatic carbocycles. The molecule has 34 heavy (non-hydrogen) atoms. The highest BCUT2D eigenvalue weighted by molar-refractivity contribution is 6.05. The van der Waals surface area contributed by atoms with Crippen LogP contribution in [0.2, 0.25) is 0 Å². The first kappa shape index (κ1) is 22.2. The van der Waals surface area contributed by atoms with E-state index in [1.165, 1.54) is 4.90 Å². The number of benzene rings is 1. The molecular formula is C25H25N5O4. The first-order chi connectivity index (χ1) is 16.4. The lowest BCUT2D eigenvalue weighted by atomic mass is 9.87. The van der Waals surface area contributed by atoms with E-state index in [9.17, 15) is 24.8 Å². The highest BCUT2D eigenvalue weighted by Gasteiger charge is 2.41. The fourth-order valence-corrected chi connectivity index (χ4v) is 5.04. The minimum Gasteiger partial charge on any atom is -0.383 e. The summed E-state index contributed by atoms with van der Waals surface area (Å²) < 4.78 is 0. The van der Waals surface area contributed by atoms with E-state index in [1.807, 2.05) is 24.3 Å². The number of likely N-dealkylation sites (tertiary alicyclic amines) is 1. The van der Waals surface area contributed by atoms with Gasteiger partial charge in [-0.15, -0.1) is 0 Å². The zero-order chi connectivity index (χ0) is 23.9. The number of nitrogens with zero attached hydrogens (tertiary/aromatic N) is 4. The summed E-state index contributed by atoms with van der Waals surface area (Å²) in [6, 6.07) is 12.4. The number of imide groups is 1. The molecule has 1 atom stereocenters. The lowest BCUT2D eigenvalue weighted by Crippen LogP contribution is -2.52. The molecule has 174 valence electrons. The van der Waals surface area contributed by atoms with Crippen LogP contribution in [0, 0.1) is 11.3 Å². The number of nitrogens with one attached hydrogen (secondary N) is 1. The quantitative estimate of drug-likeness (QED) is 0.658. The second-order valence-corrected chi connectivity index (χ2v) is 9.17. The molecule has 2 N–H and O–H groups in total. The van der Waals surface area contributed by atoms with Crippen LogP contribution in [0.5, 0.6) is 0 Å². The Balaban J connectivity index is 1.28. The van der Waals surface area contributed by atoms with Gasteiger partial charge in [-0.3, -0.25) is 29.6 Å². The van der Waals surface area contributed by atoms with E-state index in [4.69, 9.17) is 0 Å². The summed E-state index contributed by atoms with van der Waals surface area (Å²) in [6.45, 7) is 2.13. The Morgan fingerprint density at radius 2 is 1.91 bits per heavy atom. The number of carbonyl (C=O) groups excluding carboxylic acids is 3. The van der Waals surface area contributed by atoms with Crippen molar-refractivity contribution in [2.24, 2.45) is 0 Å². The van der Waals surface area contributed by atoms with Crippen LogP contribution in [-0.4, -0.2) is 56.7 Å². The van der Waals surface area contributed by atoms with Crippen molar-refractivity contribution < 1.29 is 19.5 Å². The molecule has 1 aromatic heterocycles. The Morgan fingerprint density at radius 1 is 1.15 bits per heavy atom. The molecule has 3 amide bonds. The number of piperidine rings is 2. The number of hydrogen-bond acceptors (Lipinski definition) is 7. The number of amides is 3. The van der Waals surface area contributed by atoms with Gasteiger partial charge in [-0.05, 0) is 43.0 Å². The van der Waals surface area contributed by atoms with Gasteiger partial charge < -0.3 is 10.0 Å². The Labute approximate surface area is 197 Å². The van der Waals surface area contributed by atoms with Crippen LogP contribution < -0.4 is 5.32 Å². The van der Waals surface area contributed by atoms with Crippen molar-refractivity contribution in [2.45, 2.75) is 50.4 Å². The molecule has 9 nitrogen and oxygen atoms in total. The SMILES string of the molecule is N#Cc1ccccc1CN1CCC(O)(c2ccc3c(n2)CN(C2CCC(=O)NC2=O)C3=O)CC1. The van der Waals surface area contributed by atoms with Crippen molar-refractivity contribution in [3.05, 3.63) is 64.5 Å². The first-order valence-electron chi connectivity index (χ1n) is 11.5. The lowest BCUT2D eigenvalue weighted by Gasteiger charge is -2.38. The zero-order valence-electron chi connectivity index (χ0n) is 18.7. The van der Waals surface area contributed by atoms with Gasteiger partial charge in [0.25, 0.3) is 5.91 Å². The zero-order valence-corrected chi connectivity index (χ0v) is 18.7. The van der Waals surface area contributed by atoms with Gasteiger partial charge in [-0.2, -0.15) is 5.26 Å². The minimum atomic E-state index is -1.11. The fraction of sp³-hybridized carbons (Fsp3) is 0.400. The molecule has 0 bridgehead atoms. The van der Waals surface area contributed by atoms with Crippen molar-refractivity contribution >= 4 is 17.7 Å². The molecule has 2 aromatic rings. The van der Waals surface area contributed by atoms with E-state index >= 15 is 0 Å². The molecule has 0 saturated carbocycles. The molecule has 1 unspecified atom stereocenters. The van der Waals surface area contributed by atoms with Crippen molar-refractivity contribution in [1.82, 2.24) is 20.1 Å². The van der Waals surface area contributed by atoms with Gasteiger partial charge in [0.1, 0.15) is 11.6 Å². The Bertz CT molecular complexity index is 1210. The summed E-state index contributed by atoms with van der Waals surface area (Å²) in [4.78, 5) is 44.9. The van der Waals surface area contributed by atoms with E-state index in [1.54, 1.807) is 12.1 Å². The van der Waals surface area contributed by atoms with E-state index in [-0.39, 0.29) is 24.8 Å². The number of carbonyl (C=O) groups is 3. The number of fused-ring (bicyclic) bond motifs is 1. The second-order valence-electron chi connectivity index (χ2n) is 9.17. The molecule has 9 heteroatoms. The van der Waals surface area contributed by atoms with Gasteiger partial charge in [0.05, 0.1) is 35.1 Å². The number of nitriles is 1. The molecule has 2 saturated heterocycles. The summed E-state index contributed by atoms with van der Waals surface area (Å²) in [5.74, 6) is -1.06. The first-order valence-corrected chi connectivity index (χ1v) is 11.5. The third-order valence-corrected chi connectivity index (χ3v) is 7.06. The molecule has 3 aliphatic heterocycles. The van der Waals surface area contributed by atoms with Crippen molar-refractivity contribution in [3.8, 4) is 6.07 Å². The Morgan fingerprint density at radius 3 is 2.65 bits per heavy atom. The number of hydrogen-bond donors (Lipinski definition) is 2. The summed E-state index contributed by atoms with van der Waals surface area (Å²) in [6.07, 6.45) is 1.47. The normalized spacial score (nSPS) is 22.3. The largest absolute Gasteiger partial charge is 0.383 e. The molecule has 4 heterocycles. The molecule has 3 aliphatic rings. The predicted molar refractivity (Wildman–Crippen MR) is 120 cm³/mol. The van der Waals surface area contributed by atoms with Gasteiger partial charge in [0.15, 0.2) is 0 Å². The average Bonchev–Trinajstić information content (AvgIpc) is 3.16. The number of aromatic nitrogens is 1. The third-order valence-electron chi connectivity index (χ3n) is 7.06. The van der Waals surface area contributed by atoms with E-state index in [2.05, 4.69) is 21.3 Å². The van der Waals surface area contributed by atoms with E-state index in [0.29, 0.717) is 61.4 Å². The van der Waals surface area contributed by atoms with Crippen LogP contribution in [0.1, 0.15) is 58.6 Å². The van der Waals surface area contributed by atoms with Crippen molar-refractivity contribution in [1.29, 1.82) is 5.26 Å². The van der Waals surface area contributed by atoms with Gasteiger partial charge in [0, 0.05) is 26.1 Å². The standard InChI is InChI=1S/C25H25N5O4/c26-13-16-3-1-2-4-17(16)14-29-11-9-25(34,10-12-29)21-7-5-18-19(27-21)15-30(24(18)33)20-6-8-22(31)28-23(20)32/h1-5,7,20,34H,6,8-12,14-15H2,(H,28,31,32). The Kier molecular flexibility index (Phi) is 5.63.